The van der Waals surface area contributed by atoms with Gasteiger partial charge in [0.2, 0.25) is 0 Å². The van der Waals surface area contributed by atoms with E-state index < -0.39 is 5.41 Å². The van der Waals surface area contributed by atoms with E-state index in [1.165, 1.54) is 0 Å². The second-order valence-corrected chi connectivity index (χ2v) is 15.6. The van der Waals surface area contributed by atoms with Gasteiger partial charge in [0.25, 0.3) is 0 Å². The molecule has 10 aromatic rings. The van der Waals surface area contributed by atoms with E-state index in [4.69, 9.17) is 19.9 Å². The summed E-state index contributed by atoms with van der Waals surface area (Å²) in [7, 11) is 0. The fraction of sp³-hybridized carbons (Fsp3) is 0.0169. The van der Waals surface area contributed by atoms with Gasteiger partial charge in [-0.05, 0) is 22.3 Å². The van der Waals surface area contributed by atoms with Crippen LogP contribution in [0.4, 0.5) is 0 Å². The van der Waals surface area contributed by atoms with Gasteiger partial charge >= 0.3 is 0 Å². The van der Waals surface area contributed by atoms with Crippen LogP contribution < -0.4 is 0 Å². The van der Waals surface area contributed by atoms with E-state index in [-0.39, 0.29) is 0 Å². The van der Waals surface area contributed by atoms with E-state index in [0.29, 0.717) is 45.6 Å². The van der Waals surface area contributed by atoms with Gasteiger partial charge in [-0.15, -0.1) is 0 Å². The number of hydrogen-bond acceptors (Lipinski definition) is 6. The Morgan fingerprint density at radius 3 is 0.738 bits per heavy atom. The molecule has 6 heteroatoms. The largest absolute Gasteiger partial charge is 0.227 e. The molecule has 0 unspecified atom stereocenters. The topological polar surface area (TPSA) is 99.1 Å². The number of nitrogens with zero attached hydrogens (tertiary/aromatic N) is 6. The Hall–Kier alpha value is -9.10. The van der Waals surface area contributed by atoms with E-state index in [2.05, 4.69) is 109 Å². The molecule has 0 N–H and O–H groups in total. The van der Waals surface area contributed by atoms with Gasteiger partial charge in [-0.25, -0.2) is 19.9 Å². The molecule has 0 saturated carbocycles. The zero-order chi connectivity index (χ0) is 44.0. The third-order valence-electron chi connectivity index (χ3n) is 11.8. The Labute approximate surface area is 378 Å². The molecule has 10 rings (SSSR count). The lowest BCUT2D eigenvalue weighted by Gasteiger charge is -2.37. The van der Waals surface area contributed by atoms with Crippen LogP contribution in [0.2, 0.25) is 0 Å². The van der Waals surface area contributed by atoms with Crippen LogP contribution in [0.3, 0.4) is 0 Å². The highest BCUT2D eigenvalue weighted by atomic mass is 14.9. The number of nitriles is 2. The van der Waals surface area contributed by atoms with Crippen molar-refractivity contribution in [3.63, 3.8) is 0 Å². The first-order valence-electron chi connectivity index (χ1n) is 21.3. The van der Waals surface area contributed by atoms with E-state index in [9.17, 15) is 10.5 Å². The highest BCUT2D eigenvalue weighted by Gasteiger charge is 2.38. The highest BCUT2D eigenvalue weighted by Crippen LogP contribution is 2.46. The minimum absolute atomic E-state index is 0.428. The average Bonchev–Trinajstić information content (AvgIpc) is 3.40. The smallest absolute Gasteiger partial charge is 0.160 e. The molecule has 0 radical (unpaired) electrons. The predicted molar refractivity (Wildman–Crippen MR) is 258 cm³/mol. The maximum Gasteiger partial charge on any atom is 0.160 e. The van der Waals surface area contributed by atoms with Crippen LogP contribution in [0.15, 0.2) is 231 Å². The summed E-state index contributed by atoms with van der Waals surface area (Å²) in [6, 6.07) is 82.2. The van der Waals surface area contributed by atoms with Crippen LogP contribution in [-0.2, 0) is 5.41 Å². The van der Waals surface area contributed by atoms with Gasteiger partial charge in [0.05, 0.1) is 28.2 Å². The summed E-state index contributed by atoms with van der Waals surface area (Å²) in [6.07, 6.45) is 0. The maximum absolute atomic E-state index is 10.5. The fourth-order valence-corrected chi connectivity index (χ4v) is 8.73. The van der Waals surface area contributed by atoms with E-state index in [1.807, 2.05) is 133 Å². The second kappa shape index (κ2) is 17.7. The van der Waals surface area contributed by atoms with Crippen LogP contribution in [0.5, 0.6) is 0 Å². The van der Waals surface area contributed by atoms with Crippen LogP contribution in [0.1, 0.15) is 33.4 Å². The Morgan fingerprint density at radius 2 is 0.492 bits per heavy atom. The van der Waals surface area contributed by atoms with Gasteiger partial charge in [0, 0.05) is 33.4 Å². The maximum atomic E-state index is 10.5. The van der Waals surface area contributed by atoms with E-state index in [1.54, 1.807) is 0 Å². The number of rotatable bonds is 10. The summed E-state index contributed by atoms with van der Waals surface area (Å²) in [5.74, 6) is 1.05. The van der Waals surface area contributed by atoms with Crippen molar-refractivity contribution >= 4 is 0 Å². The van der Waals surface area contributed by atoms with Crippen molar-refractivity contribution in [3.05, 3.63) is 264 Å². The van der Waals surface area contributed by atoms with E-state index in [0.717, 1.165) is 55.6 Å². The molecular formula is C59H38N6. The first-order chi connectivity index (χ1) is 32.1. The van der Waals surface area contributed by atoms with Crippen LogP contribution in [0.25, 0.3) is 67.8 Å². The van der Waals surface area contributed by atoms with Gasteiger partial charge in [-0.3, -0.25) is 0 Å². The molecule has 0 spiro atoms. The van der Waals surface area contributed by atoms with Crippen molar-refractivity contribution in [1.82, 2.24) is 19.9 Å². The summed E-state index contributed by atoms with van der Waals surface area (Å²) in [5, 5.41) is 21.0. The van der Waals surface area contributed by atoms with Gasteiger partial charge in [0.1, 0.15) is 23.3 Å². The third-order valence-corrected chi connectivity index (χ3v) is 11.8. The summed E-state index contributed by atoms with van der Waals surface area (Å²) < 4.78 is 0. The molecule has 0 aliphatic rings. The zero-order valence-electron chi connectivity index (χ0n) is 35.1. The third kappa shape index (κ3) is 7.52. The molecule has 6 nitrogen and oxygen atoms in total. The molecule has 0 aliphatic carbocycles. The van der Waals surface area contributed by atoms with Crippen LogP contribution in [0, 0.1) is 22.7 Å². The average molecular weight is 831 g/mol. The number of benzene rings is 8. The normalized spacial score (nSPS) is 11.0. The number of hydrogen-bond donors (Lipinski definition) is 0. The highest BCUT2D eigenvalue weighted by molar-refractivity contribution is 5.81. The molecule has 8 aromatic carbocycles. The summed E-state index contributed by atoms with van der Waals surface area (Å²) in [5.41, 5.74) is 11.7. The van der Waals surface area contributed by atoms with E-state index >= 15 is 0 Å². The minimum Gasteiger partial charge on any atom is -0.227 e. The summed E-state index contributed by atoms with van der Waals surface area (Å²) in [6.45, 7) is 0. The monoisotopic (exact) mass is 830 g/mol. The minimum atomic E-state index is -0.759. The molecular weight excluding hydrogens is 793 g/mol. The van der Waals surface area contributed by atoms with Crippen molar-refractivity contribution in [3.8, 4) is 79.9 Å². The van der Waals surface area contributed by atoms with Gasteiger partial charge in [0.15, 0.2) is 11.6 Å². The molecule has 0 saturated heterocycles. The molecule has 2 aromatic heterocycles. The van der Waals surface area contributed by atoms with Crippen LogP contribution in [-0.4, -0.2) is 19.9 Å². The predicted octanol–water partition coefficient (Wildman–Crippen LogP) is 13.4. The lowest BCUT2D eigenvalue weighted by Crippen LogP contribution is -2.31. The lowest BCUT2D eigenvalue weighted by molar-refractivity contribution is 0.745. The van der Waals surface area contributed by atoms with Gasteiger partial charge in [-0.1, -0.05) is 231 Å². The zero-order valence-corrected chi connectivity index (χ0v) is 35.1. The molecule has 2 heterocycles. The molecule has 304 valence electrons. The lowest BCUT2D eigenvalue weighted by atomic mass is 9.65. The Bertz CT molecular complexity index is 2980. The molecule has 0 fully saturated rings. The first-order valence-corrected chi connectivity index (χ1v) is 21.3. The van der Waals surface area contributed by atoms with Crippen molar-refractivity contribution in [1.29, 1.82) is 10.5 Å². The summed E-state index contributed by atoms with van der Waals surface area (Å²) >= 11 is 0. The van der Waals surface area contributed by atoms with Crippen molar-refractivity contribution in [2.24, 2.45) is 0 Å². The van der Waals surface area contributed by atoms with Gasteiger partial charge in [-0.2, -0.15) is 10.5 Å². The molecule has 0 atom stereocenters. The van der Waals surface area contributed by atoms with Crippen LogP contribution >= 0.6 is 0 Å². The quantitative estimate of drug-likeness (QED) is 0.127. The molecule has 0 bridgehead atoms. The van der Waals surface area contributed by atoms with Gasteiger partial charge < -0.3 is 0 Å². The first kappa shape index (κ1) is 40.0. The van der Waals surface area contributed by atoms with Crippen molar-refractivity contribution in [2.45, 2.75) is 5.41 Å². The fourth-order valence-electron chi connectivity index (χ4n) is 8.73. The molecule has 0 amide bonds. The standard InChI is InChI=1S/C59H38N6/c60-39-51-53(41-19-7-1-8-20-41)62-57(63-54(51)42-21-9-2-10-22-42)45-31-35-49(36-32-45)59(47-27-15-5-16-28-47,48-29-17-6-18-30-48)50-37-33-46(34-38-50)58-64-55(43-23-11-3-12-24-43)52(40-61)56(65-58)44-25-13-4-14-26-44/h1-38H. The Balaban J connectivity index is 1.14. The molecule has 65 heavy (non-hydrogen) atoms. The molecule has 0 aliphatic heterocycles. The SMILES string of the molecule is N#Cc1c(-c2ccccc2)nc(-c2ccc(C(c3ccccc3)(c3ccccc3)c3ccc(-c4nc(-c5ccccc5)c(C#N)c(-c5ccccc5)n4)cc3)cc2)nc1-c1ccccc1. The summed E-state index contributed by atoms with van der Waals surface area (Å²) in [4.78, 5) is 20.3. The second-order valence-electron chi connectivity index (χ2n) is 15.6. The van der Waals surface area contributed by atoms with Crippen molar-refractivity contribution in [2.75, 3.05) is 0 Å². The number of aromatic nitrogens is 4. The Morgan fingerprint density at radius 1 is 0.262 bits per heavy atom. The Kier molecular flexibility index (Phi) is 10.9. The van der Waals surface area contributed by atoms with Crippen molar-refractivity contribution < 1.29 is 0 Å².